The third-order valence-corrected chi connectivity index (χ3v) is 4.25. The molecule has 5 nitrogen and oxygen atoms in total. The zero-order chi connectivity index (χ0) is 14.8. The number of hydrogen-bond donors (Lipinski definition) is 1. The van der Waals surface area contributed by atoms with Crippen molar-refractivity contribution in [2.75, 3.05) is 26.9 Å². The van der Waals surface area contributed by atoms with Gasteiger partial charge in [0.2, 0.25) is 10.0 Å². The molecule has 0 saturated carbocycles. The molecule has 114 valence electrons. The molecule has 0 radical (unpaired) electrons. The number of ether oxygens (including phenoxy) is 2. The van der Waals surface area contributed by atoms with E-state index in [2.05, 4.69) is 11.6 Å². The van der Waals surface area contributed by atoms with Gasteiger partial charge in [0, 0.05) is 19.8 Å². The van der Waals surface area contributed by atoms with E-state index in [0.29, 0.717) is 25.3 Å². The molecule has 0 spiro atoms. The maximum Gasteiger partial charge on any atom is 0.240 e. The van der Waals surface area contributed by atoms with Crippen molar-refractivity contribution >= 4 is 10.0 Å². The van der Waals surface area contributed by atoms with Crippen LogP contribution in [0.15, 0.2) is 29.2 Å². The SMILES string of the molecule is CCCCOCCCNS(=O)(=O)c1ccc(OC)cc1. The number of benzene rings is 1. The highest BCUT2D eigenvalue weighted by Gasteiger charge is 2.12. The molecule has 1 aromatic rings. The van der Waals surface area contributed by atoms with Gasteiger partial charge in [0.25, 0.3) is 0 Å². The Morgan fingerprint density at radius 3 is 2.35 bits per heavy atom. The van der Waals surface area contributed by atoms with Gasteiger partial charge >= 0.3 is 0 Å². The zero-order valence-corrected chi connectivity index (χ0v) is 12.9. The van der Waals surface area contributed by atoms with Crippen molar-refractivity contribution in [3.63, 3.8) is 0 Å². The molecule has 0 unspecified atom stereocenters. The van der Waals surface area contributed by atoms with Crippen LogP contribution in [0, 0.1) is 0 Å². The Balaban J connectivity index is 2.33. The van der Waals surface area contributed by atoms with Gasteiger partial charge in [-0.3, -0.25) is 0 Å². The highest BCUT2D eigenvalue weighted by Crippen LogP contribution is 2.15. The molecule has 0 aromatic heterocycles. The van der Waals surface area contributed by atoms with Crippen LogP contribution in [0.5, 0.6) is 5.75 Å². The Bertz CT molecular complexity index is 470. The molecule has 1 aromatic carbocycles. The molecule has 1 N–H and O–H groups in total. The molecule has 0 aliphatic carbocycles. The van der Waals surface area contributed by atoms with Gasteiger partial charge in [0.15, 0.2) is 0 Å². The molecule has 0 heterocycles. The standard InChI is InChI=1S/C14H23NO4S/c1-3-4-11-19-12-5-10-15-20(16,17)14-8-6-13(18-2)7-9-14/h6-9,15H,3-5,10-12H2,1-2H3. The van der Waals surface area contributed by atoms with E-state index in [0.717, 1.165) is 19.4 Å². The number of rotatable bonds is 10. The highest BCUT2D eigenvalue weighted by atomic mass is 32.2. The van der Waals surface area contributed by atoms with E-state index < -0.39 is 10.0 Å². The zero-order valence-electron chi connectivity index (χ0n) is 12.1. The fraction of sp³-hybridized carbons (Fsp3) is 0.571. The predicted octanol–water partition coefficient (Wildman–Crippen LogP) is 2.18. The van der Waals surface area contributed by atoms with E-state index in [-0.39, 0.29) is 4.90 Å². The smallest absolute Gasteiger partial charge is 0.240 e. The summed E-state index contributed by atoms with van der Waals surface area (Å²) in [7, 11) is -1.90. The summed E-state index contributed by atoms with van der Waals surface area (Å²) in [5.41, 5.74) is 0. The average molecular weight is 301 g/mol. The predicted molar refractivity (Wildman–Crippen MR) is 78.5 cm³/mol. The van der Waals surface area contributed by atoms with Crippen molar-refractivity contribution in [3.8, 4) is 5.75 Å². The molecule has 20 heavy (non-hydrogen) atoms. The Morgan fingerprint density at radius 1 is 1.10 bits per heavy atom. The Hall–Kier alpha value is -1.11. The molecule has 0 fully saturated rings. The van der Waals surface area contributed by atoms with Crippen molar-refractivity contribution in [2.45, 2.75) is 31.1 Å². The lowest BCUT2D eigenvalue weighted by Gasteiger charge is -2.08. The normalized spacial score (nSPS) is 11.5. The van der Waals surface area contributed by atoms with Crippen LogP contribution in [0.25, 0.3) is 0 Å². The lowest BCUT2D eigenvalue weighted by molar-refractivity contribution is 0.130. The largest absolute Gasteiger partial charge is 0.497 e. The molecule has 0 amide bonds. The topological polar surface area (TPSA) is 64.6 Å². The van der Waals surface area contributed by atoms with Crippen LogP contribution in [0.1, 0.15) is 26.2 Å². The monoisotopic (exact) mass is 301 g/mol. The quantitative estimate of drug-likeness (QED) is 0.673. The van der Waals surface area contributed by atoms with Gasteiger partial charge in [-0.15, -0.1) is 0 Å². The summed E-state index contributed by atoms with van der Waals surface area (Å²) in [6.45, 7) is 3.79. The van der Waals surface area contributed by atoms with Crippen LogP contribution >= 0.6 is 0 Å². The Labute approximate surface area is 121 Å². The number of hydrogen-bond acceptors (Lipinski definition) is 4. The summed E-state index contributed by atoms with van der Waals surface area (Å²) in [5.74, 6) is 0.633. The van der Waals surface area contributed by atoms with Gasteiger partial charge in [-0.1, -0.05) is 13.3 Å². The number of methoxy groups -OCH3 is 1. The maximum atomic E-state index is 12.0. The lowest BCUT2D eigenvalue weighted by atomic mass is 10.3. The van der Waals surface area contributed by atoms with E-state index >= 15 is 0 Å². The first-order chi connectivity index (χ1) is 9.60. The first-order valence-electron chi connectivity index (χ1n) is 6.81. The fourth-order valence-electron chi connectivity index (χ4n) is 1.57. The van der Waals surface area contributed by atoms with E-state index in [1.54, 1.807) is 19.2 Å². The average Bonchev–Trinajstić information content (AvgIpc) is 2.46. The fourth-order valence-corrected chi connectivity index (χ4v) is 2.64. The van der Waals surface area contributed by atoms with Gasteiger partial charge < -0.3 is 9.47 Å². The molecule has 0 saturated heterocycles. The Kier molecular flexibility index (Phi) is 7.58. The third-order valence-electron chi connectivity index (χ3n) is 2.77. The first kappa shape index (κ1) is 16.9. The van der Waals surface area contributed by atoms with Crippen molar-refractivity contribution in [2.24, 2.45) is 0 Å². The number of unbranched alkanes of at least 4 members (excludes halogenated alkanes) is 1. The second kappa shape index (κ2) is 8.94. The van der Waals surface area contributed by atoms with Crippen LogP contribution in [0.4, 0.5) is 0 Å². The summed E-state index contributed by atoms with van der Waals surface area (Å²) in [6, 6.07) is 6.31. The summed E-state index contributed by atoms with van der Waals surface area (Å²) in [4.78, 5) is 0.241. The number of nitrogens with one attached hydrogen (secondary N) is 1. The van der Waals surface area contributed by atoms with Crippen LogP contribution < -0.4 is 9.46 Å². The van der Waals surface area contributed by atoms with Gasteiger partial charge in [-0.25, -0.2) is 13.1 Å². The molecule has 0 atom stereocenters. The van der Waals surface area contributed by atoms with Gasteiger partial charge in [-0.05, 0) is 37.1 Å². The van der Waals surface area contributed by atoms with E-state index in [1.165, 1.54) is 12.1 Å². The van der Waals surface area contributed by atoms with Gasteiger partial charge in [0.05, 0.1) is 12.0 Å². The van der Waals surface area contributed by atoms with E-state index in [9.17, 15) is 8.42 Å². The molecule has 0 aliphatic heterocycles. The van der Waals surface area contributed by atoms with Crippen LogP contribution in [-0.4, -0.2) is 35.3 Å². The third kappa shape index (κ3) is 5.90. The lowest BCUT2D eigenvalue weighted by Crippen LogP contribution is -2.25. The van der Waals surface area contributed by atoms with Crippen LogP contribution in [0.3, 0.4) is 0 Å². The maximum absolute atomic E-state index is 12.0. The van der Waals surface area contributed by atoms with Crippen molar-refractivity contribution < 1.29 is 17.9 Å². The molecule has 0 aliphatic rings. The molecule has 6 heteroatoms. The van der Waals surface area contributed by atoms with Crippen molar-refractivity contribution in [1.29, 1.82) is 0 Å². The Morgan fingerprint density at radius 2 is 1.75 bits per heavy atom. The second-order valence-electron chi connectivity index (χ2n) is 4.39. The minimum Gasteiger partial charge on any atom is -0.497 e. The molecule has 1 rings (SSSR count). The molecule has 0 bridgehead atoms. The number of sulfonamides is 1. The minimum absolute atomic E-state index is 0.241. The summed E-state index contributed by atoms with van der Waals surface area (Å²) in [6.07, 6.45) is 2.81. The van der Waals surface area contributed by atoms with E-state index in [1.807, 2.05) is 0 Å². The van der Waals surface area contributed by atoms with E-state index in [4.69, 9.17) is 9.47 Å². The summed E-state index contributed by atoms with van der Waals surface area (Å²) < 4.78 is 36.9. The second-order valence-corrected chi connectivity index (χ2v) is 6.16. The van der Waals surface area contributed by atoms with Crippen LogP contribution in [-0.2, 0) is 14.8 Å². The highest BCUT2D eigenvalue weighted by molar-refractivity contribution is 7.89. The van der Waals surface area contributed by atoms with Crippen molar-refractivity contribution in [1.82, 2.24) is 4.72 Å². The van der Waals surface area contributed by atoms with Crippen molar-refractivity contribution in [3.05, 3.63) is 24.3 Å². The summed E-state index contributed by atoms with van der Waals surface area (Å²) >= 11 is 0. The van der Waals surface area contributed by atoms with Crippen LogP contribution in [0.2, 0.25) is 0 Å². The van der Waals surface area contributed by atoms with Gasteiger partial charge in [-0.2, -0.15) is 0 Å². The molecular formula is C14H23NO4S. The molecular weight excluding hydrogens is 278 g/mol. The van der Waals surface area contributed by atoms with Gasteiger partial charge in [0.1, 0.15) is 5.75 Å². The first-order valence-corrected chi connectivity index (χ1v) is 8.30. The minimum atomic E-state index is -3.44. The summed E-state index contributed by atoms with van der Waals surface area (Å²) in [5, 5.41) is 0.